The third-order valence-corrected chi connectivity index (χ3v) is 5.32. The molecule has 1 aliphatic heterocycles. The molecule has 0 aromatic rings. The number of ether oxygens (including phenoxy) is 4. The van der Waals surface area contributed by atoms with Gasteiger partial charge in [-0.15, -0.1) is 0 Å². The molecule has 27 heavy (non-hydrogen) atoms. The molecule has 2 aliphatic rings. The molecule has 6 nitrogen and oxygen atoms in total. The van der Waals surface area contributed by atoms with Crippen LogP contribution < -0.4 is 0 Å². The smallest absolute Gasteiger partial charge is 0.373 e. The Balaban J connectivity index is 2.25. The monoisotopic (exact) mass is 382 g/mol. The van der Waals surface area contributed by atoms with E-state index in [-0.39, 0.29) is 24.9 Å². The summed E-state index contributed by atoms with van der Waals surface area (Å²) in [7, 11) is 0. The van der Waals surface area contributed by atoms with Crippen molar-refractivity contribution in [3.05, 3.63) is 11.3 Å². The van der Waals surface area contributed by atoms with Crippen molar-refractivity contribution in [1.82, 2.24) is 0 Å². The lowest BCUT2D eigenvalue weighted by Crippen LogP contribution is -2.37. The minimum atomic E-state index is -0.870. The van der Waals surface area contributed by atoms with Crippen LogP contribution in [0.4, 0.5) is 0 Å². The molecular formula is C21H34O6. The van der Waals surface area contributed by atoms with Gasteiger partial charge >= 0.3 is 11.9 Å². The van der Waals surface area contributed by atoms with Crippen LogP contribution in [0, 0.1) is 17.8 Å². The molecule has 0 aromatic carbocycles. The maximum absolute atomic E-state index is 12.4. The van der Waals surface area contributed by atoms with Gasteiger partial charge in [-0.05, 0) is 43.9 Å². The molecule has 0 bridgehead atoms. The molecule has 2 rings (SSSR count). The molecule has 6 heteroatoms. The first-order valence-corrected chi connectivity index (χ1v) is 10.2. The number of rotatable bonds is 8. The molecular weight excluding hydrogens is 348 g/mol. The second-order valence-electron chi connectivity index (χ2n) is 7.92. The van der Waals surface area contributed by atoms with Gasteiger partial charge < -0.3 is 18.9 Å². The summed E-state index contributed by atoms with van der Waals surface area (Å²) in [5, 5.41) is 0. The minimum Gasteiger partial charge on any atom is -0.486 e. The molecule has 0 aromatic heterocycles. The highest BCUT2D eigenvalue weighted by atomic mass is 16.7. The molecule has 0 amide bonds. The number of carbonyl (C=O) groups excluding carboxylic acids is 2. The van der Waals surface area contributed by atoms with Crippen molar-refractivity contribution in [3.63, 3.8) is 0 Å². The van der Waals surface area contributed by atoms with Gasteiger partial charge in [-0.3, -0.25) is 4.79 Å². The van der Waals surface area contributed by atoms with E-state index in [1.165, 1.54) is 6.42 Å². The van der Waals surface area contributed by atoms with Crippen LogP contribution in [0.3, 0.4) is 0 Å². The van der Waals surface area contributed by atoms with E-state index >= 15 is 0 Å². The Morgan fingerprint density at radius 2 is 1.96 bits per heavy atom. The van der Waals surface area contributed by atoms with E-state index in [1.807, 2.05) is 6.92 Å². The van der Waals surface area contributed by atoms with Gasteiger partial charge in [0.05, 0.1) is 31.3 Å². The zero-order chi connectivity index (χ0) is 20.0. The van der Waals surface area contributed by atoms with Crippen molar-refractivity contribution in [2.24, 2.45) is 17.8 Å². The zero-order valence-corrected chi connectivity index (χ0v) is 17.3. The van der Waals surface area contributed by atoms with E-state index in [2.05, 4.69) is 20.8 Å². The molecule has 4 atom stereocenters. The lowest BCUT2D eigenvalue weighted by Gasteiger charge is -2.38. The summed E-state index contributed by atoms with van der Waals surface area (Å²) in [5.41, 5.74) is 0.452. The molecule has 1 saturated heterocycles. The van der Waals surface area contributed by atoms with Crippen LogP contribution in [-0.4, -0.2) is 37.5 Å². The van der Waals surface area contributed by atoms with Crippen LogP contribution in [0.1, 0.15) is 66.7 Å². The zero-order valence-electron chi connectivity index (χ0n) is 17.3. The highest BCUT2D eigenvalue weighted by Crippen LogP contribution is 2.38. The summed E-state index contributed by atoms with van der Waals surface area (Å²) >= 11 is 0. The van der Waals surface area contributed by atoms with Crippen molar-refractivity contribution in [1.29, 1.82) is 0 Å². The summed E-state index contributed by atoms with van der Waals surface area (Å²) in [6.07, 6.45) is 3.07. The Kier molecular flexibility index (Phi) is 8.14. The Labute approximate surface area is 162 Å². The van der Waals surface area contributed by atoms with E-state index in [1.54, 1.807) is 6.92 Å². The van der Waals surface area contributed by atoms with Crippen molar-refractivity contribution in [2.45, 2.75) is 79.1 Å². The molecule has 1 saturated carbocycles. The average Bonchev–Trinajstić information content (AvgIpc) is 2.95. The first kappa shape index (κ1) is 21.7. The maximum atomic E-state index is 12.4. The van der Waals surface area contributed by atoms with E-state index in [0.29, 0.717) is 29.9 Å². The highest BCUT2D eigenvalue weighted by Gasteiger charge is 2.41. The molecule has 1 aliphatic carbocycles. The van der Waals surface area contributed by atoms with Crippen molar-refractivity contribution in [3.8, 4) is 0 Å². The number of esters is 2. The Morgan fingerprint density at radius 3 is 2.59 bits per heavy atom. The van der Waals surface area contributed by atoms with Crippen molar-refractivity contribution < 1.29 is 28.5 Å². The van der Waals surface area contributed by atoms with Gasteiger partial charge in [0.25, 0.3) is 0 Å². The topological polar surface area (TPSA) is 71.1 Å². The van der Waals surface area contributed by atoms with E-state index in [0.717, 1.165) is 19.3 Å². The second kappa shape index (κ2) is 10.1. The molecule has 0 radical (unpaired) electrons. The summed E-state index contributed by atoms with van der Waals surface area (Å²) in [4.78, 5) is 24.4. The van der Waals surface area contributed by atoms with E-state index in [4.69, 9.17) is 18.9 Å². The van der Waals surface area contributed by atoms with E-state index < -0.39 is 18.2 Å². The maximum Gasteiger partial charge on any atom is 0.373 e. The number of carbonyl (C=O) groups is 2. The average molecular weight is 382 g/mol. The first-order valence-electron chi connectivity index (χ1n) is 10.2. The lowest BCUT2D eigenvalue weighted by molar-refractivity contribution is -0.179. The van der Waals surface area contributed by atoms with Crippen LogP contribution in [0.5, 0.6) is 0 Å². The van der Waals surface area contributed by atoms with Crippen LogP contribution >= 0.6 is 0 Å². The van der Waals surface area contributed by atoms with Gasteiger partial charge in [-0.2, -0.15) is 0 Å². The van der Waals surface area contributed by atoms with Crippen molar-refractivity contribution in [2.75, 3.05) is 13.2 Å². The molecule has 154 valence electrons. The van der Waals surface area contributed by atoms with E-state index in [9.17, 15) is 9.59 Å². The SMILES string of the molecule is CCCO/C(C(=O)OCC)=C1/CC(=O)O[C@H]1O[C@@H]1C[C@H](C)CC[C@H]1C(C)C. The Bertz CT molecular complexity index is 553. The Hall–Kier alpha value is -1.56. The molecule has 1 heterocycles. The predicted octanol–water partition coefficient (Wildman–Crippen LogP) is 3.98. The Morgan fingerprint density at radius 1 is 1.22 bits per heavy atom. The molecule has 2 fully saturated rings. The fraction of sp³-hybridized carbons (Fsp3) is 0.810. The molecule has 0 unspecified atom stereocenters. The van der Waals surface area contributed by atoms with Crippen LogP contribution in [0.2, 0.25) is 0 Å². The fourth-order valence-electron chi connectivity index (χ4n) is 3.88. The highest BCUT2D eigenvalue weighted by molar-refractivity contribution is 5.89. The third-order valence-electron chi connectivity index (χ3n) is 5.32. The fourth-order valence-corrected chi connectivity index (χ4v) is 3.88. The van der Waals surface area contributed by atoms with Crippen molar-refractivity contribution >= 4 is 11.9 Å². The summed E-state index contributed by atoms with van der Waals surface area (Å²) in [5.74, 6) is 0.555. The summed E-state index contributed by atoms with van der Waals surface area (Å²) in [6.45, 7) is 10.9. The van der Waals surface area contributed by atoms with Crippen LogP contribution in [0.25, 0.3) is 0 Å². The summed E-state index contributed by atoms with van der Waals surface area (Å²) in [6, 6.07) is 0. The van der Waals surface area contributed by atoms with Gasteiger partial charge in [0.2, 0.25) is 12.0 Å². The summed E-state index contributed by atoms with van der Waals surface area (Å²) < 4.78 is 22.5. The van der Waals surface area contributed by atoms with Gasteiger partial charge in [0, 0.05) is 0 Å². The van der Waals surface area contributed by atoms with Gasteiger partial charge in [-0.1, -0.05) is 34.1 Å². The second-order valence-corrected chi connectivity index (χ2v) is 7.92. The standard InChI is InChI=1S/C21H34O6/c1-6-10-25-19(20(23)24-7-2)16-12-18(22)27-21(16)26-17-11-14(5)8-9-15(17)13(3)4/h13-15,17,21H,6-12H2,1-5H3/b19-16-/t14-,15+,17-,21-/m1/s1. The normalized spacial score (nSPS) is 30.2. The first-order chi connectivity index (χ1) is 12.9. The van der Waals surface area contributed by atoms with Gasteiger partial charge in [-0.25, -0.2) is 4.79 Å². The van der Waals surface area contributed by atoms with Gasteiger partial charge in [0.1, 0.15) is 0 Å². The molecule has 0 spiro atoms. The largest absolute Gasteiger partial charge is 0.486 e. The van der Waals surface area contributed by atoms with Crippen LogP contribution in [0.15, 0.2) is 11.3 Å². The third kappa shape index (κ3) is 5.71. The number of hydrogen-bond donors (Lipinski definition) is 0. The van der Waals surface area contributed by atoms with Crippen LogP contribution in [-0.2, 0) is 28.5 Å². The number of cyclic esters (lactones) is 1. The predicted molar refractivity (Wildman–Crippen MR) is 101 cm³/mol. The number of hydrogen-bond acceptors (Lipinski definition) is 6. The quantitative estimate of drug-likeness (QED) is 0.359. The molecule has 0 N–H and O–H groups in total. The lowest BCUT2D eigenvalue weighted by atomic mass is 9.75. The minimum absolute atomic E-state index is 0.00283. The van der Waals surface area contributed by atoms with Gasteiger partial charge in [0.15, 0.2) is 0 Å².